The zero-order valence-electron chi connectivity index (χ0n) is 15.3. The summed E-state index contributed by atoms with van der Waals surface area (Å²) in [5.74, 6) is 0.602. The fourth-order valence-corrected chi connectivity index (χ4v) is 4.15. The van der Waals surface area contributed by atoms with Gasteiger partial charge in [0.25, 0.3) is 0 Å². The van der Waals surface area contributed by atoms with E-state index < -0.39 is 0 Å². The predicted octanol–water partition coefficient (Wildman–Crippen LogP) is 4.14. The van der Waals surface area contributed by atoms with E-state index in [9.17, 15) is 4.79 Å². The van der Waals surface area contributed by atoms with E-state index in [-0.39, 0.29) is 17.4 Å². The van der Waals surface area contributed by atoms with Crippen molar-refractivity contribution in [3.8, 4) is 5.75 Å². The molecule has 2 aliphatic rings. The topological polar surface area (TPSA) is 73.6 Å². The highest BCUT2D eigenvalue weighted by molar-refractivity contribution is 6.31. The van der Waals surface area contributed by atoms with Crippen molar-refractivity contribution in [1.82, 2.24) is 0 Å². The van der Waals surface area contributed by atoms with E-state index in [2.05, 4.69) is 5.32 Å². The van der Waals surface area contributed by atoms with Gasteiger partial charge in [-0.2, -0.15) is 0 Å². The van der Waals surface area contributed by atoms with Crippen LogP contribution in [-0.4, -0.2) is 31.8 Å². The van der Waals surface area contributed by atoms with Crippen molar-refractivity contribution >= 4 is 23.2 Å². The molecular weight excluding hydrogens is 352 g/mol. The van der Waals surface area contributed by atoms with Crippen molar-refractivity contribution in [2.24, 2.45) is 11.1 Å². The van der Waals surface area contributed by atoms with E-state index in [0.717, 1.165) is 45.1 Å². The Bertz CT molecular complexity index is 611. The van der Waals surface area contributed by atoms with Crippen molar-refractivity contribution in [2.45, 2.75) is 57.5 Å². The summed E-state index contributed by atoms with van der Waals surface area (Å²) in [6.07, 6.45) is 8.23. The Morgan fingerprint density at radius 1 is 1.31 bits per heavy atom. The molecule has 1 aromatic rings. The first kappa shape index (κ1) is 19.5. The van der Waals surface area contributed by atoms with E-state index >= 15 is 0 Å². The van der Waals surface area contributed by atoms with Gasteiger partial charge < -0.3 is 20.5 Å². The summed E-state index contributed by atoms with van der Waals surface area (Å²) >= 11 is 6.12. The second-order valence-corrected chi connectivity index (χ2v) is 8.01. The highest BCUT2D eigenvalue weighted by Crippen LogP contribution is 2.39. The molecule has 0 aromatic heterocycles. The van der Waals surface area contributed by atoms with Crippen molar-refractivity contribution in [1.29, 1.82) is 0 Å². The first-order valence-electron chi connectivity index (χ1n) is 9.64. The predicted molar refractivity (Wildman–Crippen MR) is 104 cm³/mol. The van der Waals surface area contributed by atoms with Crippen LogP contribution >= 0.6 is 11.6 Å². The van der Waals surface area contributed by atoms with Gasteiger partial charge in [0.05, 0.1) is 11.8 Å². The second kappa shape index (κ2) is 9.07. The average molecular weight is 381 g/mol. The van der Waals surface area contributed by atoms with Gasteiger partial charge in [-0.1, -0.05) is 30.9 Å². The molecule has 144 valence electrons. The van der Waals surface area contributed by atoms with Crippen LogP contribution in [-0.2, 0) is 9.53 Å². The number of halogens is 1. The highest BCUT2D eigenvalue weighted by Gasteiger charge is 2.33. The zero-order chi connectivity index (χ0) is 18.4. The van der Waals surface area contributed by atoms with Crippen LogP contribution in [0.3, 0.4) is 0 Å². The zero-order valence-corrected chi connectivity index (χ0v) is 16.0. The maximum atomic E-state index is 12.7. The largest absolute Gasteiger partial charge is 0.489 e. The number of carbonyl (C=O) groups is 1. The van der Waals surface area contributed by atoms with E-state index in [1.54, 1.807) is 18.2 Å². The maximum Gasteiger partial charge on any atom is 0.225 e. The molecule has 0 spiro atoms. The van der Waals surface area contributed by atoms with Crippen LogP contribution in [0, 0.1) is 5.41 Å². The molecule has 6 heteroatoms. The normalized spacial score (nSPS) is 22.2. The molecule has 1 amide bonds. The molecule has 1 saturated carbocycles. The number of ether oxygens (including phenoxy) is 2. The quantitative estimate of drug-likeness (QED) is 0.745. The van der Waals surface area contributed by atoms with Crippen LogP contribution in [0.5, 0.6) is 5.75 Å². The van der Waals surface area contributed by atoms with E-state index in [1.807, 2.05) is 0 Å². The van der Waals surface area contributed by atoms with Crippen LogP contribution in [0.4, 0.5) is 5.69 Å². The number of benzene rings is 1. The van der Waals surface area contributed by atoms with Gasteiger partial charge in [-0.05, 0) is 55.8 Å². The molecule has 1 atom stereocenters. The van der Waals surface area contributed by atoms with Gasteiger partial charge in [-0.15, -0.1) is 0 Å². The van der Waals surface area contributed by atoms with Crippen molar-refractivity contribution < 1.29 is 14.3 Å². The first-order valence-corrected chi connectivity index (χ1v) is 10.0. The third-order valence-corrected chi connectivity index (χ3v) is 5.78. The Hall–Kier alpha value is -1.30. The summed E-state index contributed by atoms with van der Waals surface area (Å²) in [5, 5.41) is 3.55. The Morgan fingerprint density at radius 3 is 2.81 bits per heavy atom. The minimum absolute atomic E-state index is 0.0263. The van der Waals surface area contributed by atoms with E-state index in [1.165, 1.54) is 6.42 Å². The molecule has 1 saturated heterocycles. The van der Waals surface area contributed by atoms with Gasteiger partial charge in [0.1, 0.15) is 12.4 Å². The molecule has 1 aliphatic heterocycles. The molecule has 0 radical (unpaired) electrons. The summed E-state index contributed by atoms with van der Waals surface area (Å²) in [4.78, 5) is 12.7. The lowest BCUT2D eigenvalue weighted by atomic mass is 9.71. The molecule has 5 nitrogen and oxygen atoms in total. The summed E-state index contributed by atoms with van der Waals surface area (Å²) in [6, 6.07) is 5.30. The Kier molecular flexibility index (Phi) is 6.79. The SMILES string of the molecule is NCC1(CC(=O)Nc2cc(Cl)ccc2OCC2CCCO2)CCCCC1. The average Bonchev–Trinajstić information content (AvgIpc) is 3.15. The van der Waals surface area contributed by atoms with E-state index in [4.69, 9.17) is 26.8 Å². The first-order chi connectivity index (χ1) is 12.6. The van der Waals surface area contributed by atoms with Crippen LogP contribution < -0.4 is 15.8 Å². The lowest BCUT2D eigenvalue weighted by Gasteiger charge is -2.35. The molecule has 3 rings (SSSR count). The van der Waals surface area contributed by atoms with Crippen LogP contribution in [0.25, 0.3) is 0 Å². The number of nitrogens with two attached hydrogens (primary N) is 1. The van der Waals surface area contributed by atoms with E-state index in [0.29, 0.717) is 36.0 Å². The summed E-state index contributed by atoms with van der Waals surface area (Å²) in [5.41, 5.74) is 6.56. The number of anilines is 1. The van der Waals surface area contributed by atoms with Crippen molar-refractivity contribution in [3.05, 3.63) is 23.2 Å². The third kappa shape index (κ3) is 5.12. The maximum absolute atomic E-state index is 12.7. The molecular formula is C20H29ClN2O3. The smallest absolute Gasteiger partial charge is 0.225 e. The Morgan fingerprint density at radius 2 is 2.12 bits per heavy atom. The van der Waals surface area contributed by atoms with Gasteiger partial charge in [-0.3, -0.25) is 4.79 Å². The van der Waals surface area contributed by atoms with Gasteiger partial charge in [0.2, 0.25) is 5.91 Å². The van der Waals surface area contributed by atoms with Crippen LogP contribution in [0.2, 0.25) is 5.02 Å². The Balaban J connectivity index is 1.63. The van der Waals surface area contributed by atoms with Gasteiger partial charge >= 0.3 is 0 Å². The fourth-order valence-electron chi connectivity index (χ4n) is 3.97. The minimum Gasteiger partial charge on any atom is -0.489 e. The number of amides is 1. The molecule has 1 unspecified atom stereocenters. The number of nitrogens with one attached hydrogen (secondary N) is 1. The minimum atomic E-state index is -0.0698. The molecule has 1 aliphatic carbocycles. The summed E-state index contributed by atoms with van der Waals surface area (Å²) in [6.45, 7) is 1.83. The lowest BCUT2D eigenvalue weighted by molar-refractivity contribution is -0.118. The standard InChI is InChI=1S/C20H29ClN2O3/c21-15-6-7-18(26-13-16-5-4-10-25-16)17(11-15)23-19(24)12-20(14-22)8-2-1-3-9-20/h6-7,11,16H,1-5,8-10,12-14,22H2,(H,23,24). The molecule has 1 aromatic carbocycles. The molecule has 26 heavy (non-hydrogen) atoms. The highest BCUT2D eigenvalue weighted by atomic mass is 35.5. The van der Waals surface area contributed by atoms with Crippen LogP contribution in [0.15, 0.2) is 18.2 Å². The number of hydrogen-bond donors (Lipinski definition) is 2. The molecule has 2 fully saturated rings. The number of carbonyl (C=O) groups excluding carboxylic acids is 1. The third-order valence-electron chi connectivity index (χ3n) is 5.55. The van der Waals surface area contributed by atoms with Crippen molar-refractivity contribution in [2.75, 3.05) is 25.1 Å². The summed E-state index contributed by atoms with van der Waals surface area (Å²) in [7, 11) is 0. The number of rotatable bonds is 7. The van der Waals surface area contributed by atoms with Gasteiger partial charge in [0, 0.05) is 18.1 Å². The van der Waals surface area contributed by atoms with Crippen LogP contribution in [0.1, 0.15) is 51.4 Å². The molecule has 3 N–H and O–H groups in total. The second-order valence-electron chi connectivity index (χ2n) is 7.58. The molecule has 1 heterocycles. The molecule has 0 bridgehead atoms. The fraction of sp³-hybridized carbons (Fsp3) is 0.650. The summed E-state index contributed by atoms with van der Waals surface area (Å²) < 4.78 is 11.5. The van der Waals surface area contributed by atoms with Gasteiger partial charge in [-0.25, -0.2) is 0 Å². The van der Waals surface area contributed by atoms with Crippen molar-refractivity contribution in [3.63, 3.8) is 0 Å². The lowest BCUT2D eigenvalue weighted by Crippen LogP contribution is -2.36. The van der Waals surface area contributed by atoms with Gasteiger partial charge in [0.15, 0.2) is 0 Å². The number of hydrogen-bond acceptors (Lipinski definition) is 4. The Labute approximate surface area is 160 Å². The monoisotopic (exact) mass is 380 g/mol.